The summed E-state index contributed by atoms with van der Waals surface area (Å²) in [5, 5.41) is 21.0. The predicted molar refractivity (Wildman–Crippen MR) is 119 cm³/mol. The first-order chi connectivity index (χ1) is 15.5. The molecule has 0 radical (unpaired) electrons. The zero-order valence-corrected chi connectivity index (χ0v) is 17.3. The van der Waals surface area contributed by atoms with Gasteiger partial charge in [-0.3, -0.25) is 4.79 Å². The largest absolute Gasteiger partial charge is 0.481 e. The van der Waals surface area contributed by atoms with Crippen molar-refractivity contribution in [3.8, 4) is 17.2 Å². The summed E-state index contributed by atoms with van der Waals surface area (Å²) in [5.41, 5.74) is 5.75. The lowest BCUT2D eigenvalue weighted by Crippen LogP contribution is -2.39. The summed E-state index contributed by atoms with van der Waals surface area (Å²) in [7, 11) is 0. The molecule has 1 aliphatic rings. The van der Waals surface area contributed by atoms with Crippen LogP contribution >= 0.6 is 0 Å². The molecule has 0 bridgehead atoms. The van der Waals surface area contributed by atoms with Gasteiger partial charge in [0.05, 0.1) is 18.1 Å². The summed E-state index contributed by atoms with van der Waals surface area (Å²) in [6.45, 7) is 0.156. The van der Waals surface area contributed by atoms with Gasteiger partial charge in [-0.1, -0.05) is 60.7 Å². The molecule has 0 aliphatic heterocycles. The lowest BCUT2D eigenvalue weighted by atomic mass is 9.98. The van der Waals surface area contributed by atoms with Gasteiger partial charge in [-0.15, -0.1) is 0 Å². The van der Waals surface area contributed by atoms with Crippen molar-refractivity contribution in [2.45, 2.75) is 24.8 Å². The molecule has 6 nitrogen and oxygen atoms in total. The van der Waals surface area contributed by atoms with Crippen LogP contribution in [0.3, 0.4) is 0 Å². The summed E-state index contributed by atoms with van der Waals surface area (Å²) >= 11 is 0. The van der Waals surface area contributed by atoms with E-state index in [1.54, 1.807) is 24.3 Å². The van der Waals surface area contributed by atoms with Gasteiger partial charge in [-0.25, -0.2) is 4.79 Å². The molecule has 0 aromatic heterocycles. The smallest absolute Gasteiger partial charge is 0.407 e. The van der Waals surface area contributed by atoms with Crippen LogP contribution in [0.1, 0.15) is 34.6 Å². The van der Waals surface area contributed by atoms with E-state index in [0.717, 1.165) is 27.8 Å². The molecule has 2 N–H and O–H groups in total. The first kappa shape index (κ1) is 21.1. The van der Waals surface area contributed by atoms with Gasteiger partial charge in [0.15, 0.2) is 0 Å². The highest BCUT2D eigenvalue weighted by atomic mass is 16.5. The van der Waals surface area contributed by atoms with Crippen molar-refractivity contribution >= 4 is 12.1 Å². The Morgan fingerprint density at radius 3 is 2.28 bits per heavy atom. The second-order valence-electron chi connectivity index (χ2n) is 7.78. The van der Waals surface area contributed by atoms with Crippen molar-refractivity contribution in [1.82, 2.24) is 5.32 Å². The number of nitrogens with zero attached hydrogens (tertiary/aromatic N) is 1. The van der Waals surface area contributed by atoms with E-state index in [2.05, 4.69) is 23.5 Å². The van der Waals surface area contributed by atoms with Gasteiger partial charge in [0.1, 0.15) is 6.61 Å². The Morgan fingerprint density at radius 1 is 1.00 bits per heavy atom. The molecule has 0 fully saturated rings. The first-order valence-corrected chi connectivity index (χ1v) is 10.4. The lowest BCUT2D eigenvalue weighted by Gasteiger charge is -2.19. The molecule has 0 unspecified atom stereocenters. The number of fused-ring (bicyclic) bond motifs is 3. The molecule has 3 aromatic carbocycles. The zero-order valence-electron chi connectivity index (χ0n) is 17.3. The van der Waals surface area contributed by atoms with Gasteiger partial charge >= 0.3 is 12.1 Å². The number of nitriles is 1. The maximum atomic E-state index is 12.6. The van der Waals surface area contributed by atoms with Gasteiger partial charge in [0.25, 0.3) is 0 Å². The summed E-state index contributed by atoms with van der Waals surface area (Å²) in [4.78, 5) is 23.9. The fourth-order valence-electron chi connectivity index (χ4n) is 4.24. The molecular weight excluding hydrogens is 404 g/mol. The Morgan fingerprint density at radius 2 is 1.66 bits per heavy atom. The third-order valence-electron chi connectivity index (χ3n) is 5.62. The molecule has 1 aliphatic carbocycles. The van der Waals surface area contributed by atoms with Crippen LogP contribution in [0.2, 0.25) is 0 Å². The van der Waals surface area contributed by atoms with Crippen LogP contribution in [0.5, 0.6) is 0 Å². The van der Waals surface area contributed by atoms with E-state index in [1.165, 1.54) is 0 Å². The summed E-state index contributed by atoms with van der Waals surface area (Å²) in [6, 6.07) is 24.4. The fraction of sp³-hybridized carbons (Fsp3) is 0.192. The number of nitrogens with one attached hydrogen (secondary N) is 1. The molecule has 3 aromatic rings. The highest BCUT2D eigenvalue weighted by Crippen LogP contribution is 2.44. The Bertz CT molecular complexity index is 1150. The van der Waals surface area contributed by atoms with Crippen molar-refractivity contribution in [3.63, 3.8) is 0 Å². The number of benzene rings is 3. The van der Waals surface area contributed by atoms with Crippen LogP contribution in [-0.2, 0) is 16.0 Å². The van der Waals surface area contributed by atoms with Gasteiger partial charge in [0, 0.05) is 12.0 Å². The molecule has 0 saturated heterocycles. The summed E-state index contributed by atoms with van der Waals surface area (Å²) in [5.74, 6) is -1.09. The van der Waals surface area contributed by atoms with Crippen molar-refractivity contribution in [2.75, 3.05) is 6.61 Å². The third kappa shape index (κ3) is 4.62. The number of alkyl carbamates (subject to hydrolysis) is 1. The zero-order chi connectivity index (χ0) is 22.5. The van der Waals surface area contributed by atoms with E-state index >= 15 is 0 Å². The number of hydrogen-bond acceptors (Lipinski definition) is 4. The average Bonchev–Trinajstić information content (AvgIpc) is 3.11. The molecule has 32 heavy (non-hydrogen) atoms. The Kier molecular flexibility index (Phi) is 6.18. The Hall–Kier alpha value is -4.11. The van der Waals surface area contributed by atoms with Crippen molar-refractivity contribution in [1.29, 1.82) is 5.26 Å². The maximum absolute atomic E-state index is 12.6. The number of carboxylic acids is 1. The minimum atomic E-state index is -1.02. The number of hydrogen-bond donors (Lipinski definition) is 2. The number of carboxylic acid groups (broad SMARTS) is 1. The van der Waals surface area contributed by atoms with E-state index in [-0.39, 0.29) is 25.4 Å². The lowest BCUT2D eigenvalue weighted by molar-refractivity contribution is -0.137. The van der Waals surface area contributed by atoms with Gasteiger partial charge < -0.3 is 15.2 Å². The minimum Gasteiger partial charge on any atom is -0.481 e. The van der Waals surface area contributed by atoms with Crippen LogP contribution in [0.15, 0.2) is 72.8 Å². The molecule has 0 heterocycles. The number of amides is 1. The highest BCUT2D eigenvalue weighted by Gasteiger charge is 2.29. The third-order valence-corrected chi connectivity index (χ3v) is 5.62. The summed E-state index contributed by atoms with van der Waals surface area (Å²) in [6.07, 6.45) is -0.623. The van der Waals surface area contributed by atoms with Crippen molar-refractivity contribution in [3.05, 3.63) is 95.1 Å². The Labute approximate surface area is 186 Å². The van der Waals surface area contributed by atoms with E-state index in [0.29, 0.717) is 5.56 Å². The van der Waals surface area contributed by atoms with Crippen LogP contribution in [0.4, 0.5) is 4.79 Å². The van der Waals surface area contributed by atoms with Crippen LogP contribution in [-0.4, -0.2) is 29.8 Å². The molecule has 0 saturated carbocycles. The van der Waals surface area contributed by atoms with E-state index in [9.17, 15) is 14.7 Å². The van der Waals surface area contributed by atoms with Crippen LogP contribution in [0.25, 0.3) is 11.1 Å². The second kappa shape index (κ2) is 9.36. The molecular formula is C26H22N2O4. The monoisotopic (exact) mass is 426 g/mol. The van der Waals surface area contributed by atoms with Crippen LogP contribution in [0, 0.1) is 11.3 Å². The number of ether oxygens (including phenoxy) is 1. The number of rotatable bonds is 7. The second-order valence-corrected chi connectivity index (χ2v) is 7.78. The van der Waals surface area contributed by atoms with E-state index < -0.39 is 18.1 Å². The quantitative estimate of drug-likeness (QED) is 0.580. The molecule has 1 amide bonds. The Balaban J connectivity index is 1.44. The molecule has 1 atom stereocenters. The SMILES string of the molecule is N#Cc1cccc(C[C@@H](CC(=O)O)NC(=O)OCC2c3ccccc3-c3ccccc32)c1. The topological polar surface area (TPSA) is 99.4 Å². The molecule has 4 rings (SSSR count). The first-order valence-electron chi connectivity index (χ1n) is 10.4. The van der Waals surface area contributed by atoms with E-state index in [4.69, 9.17) is 10.00 Å². The van der Waals surface area contributed by atoms with Crippen molar-refractivity contribution < 1.29 is 19.4 Å². The van der Waals surface area contributed by atoms with Gasteiger partial charge in [-0.05, 0) is 46.4 Å². The maximum Gasteiger partial charge on any atom is 0.407 e. The van der Waals surface area contributed by atoms with Gasteiger partial charge in [0.2, 0.25) is 0 Å². The normalized spacial score (nSPS) is 12.8. The minimum absolute atomic E-state index is 0.0709. The number of carbonyl (C=O) groups excluding carboxylic acids is 1. The molecule has 0 spiro atoms. The van der Waals surface area contributed by atoms with Crippen molar-refractivity contribution in [2.24, 2.45) is 0 Å². The summed E-state index contributed by atoms with van der Waals surface area (Å²) < 4.78 is 5.54. The fourth-order valence-corrected chi connectivity index (χ4v) is 4.24. The molecule has 160 valence electrons. The average molecular weight is 426 g/mol. The number of carbonyl (C=O) groups is 2. The van der Waals surface area contributed by atoms with E-state index in [1.807, 2.05) is 36.4 Å². The van der Waals surface area contributed by atoms with Crippen LogP contribution < -0.4 is 5.32 Å². The standard InChI is InChI=1S/C26H22N2O4/c27-15-18-7-5-6-17(12-18)13-19(14-25(29)30)28-26(31)32-16-24-22-10-3-1-8-20(22)21-9-2-4-11-23(21)24/h1-12,19,24H,13-14,16H2,(H,28,31)(H,29,30)/t19-/m0/s1. The van der Waals surface area contributed by atoms with Gasteiger partial charge in [-0.2, -0.15) is 5.26 Å². The predicted octanol–water partition coefficient (Wildman–Crippen LogP) is 4.48. The molecule has 6 heteroatoms. The number of aliphatic carboxylic acids is 1. The highest BCUT2D eigenvalue weighted by molar-refractivity contribution is 5.79.